The molecule has 0 amide bonds. The van der Waals surface area contributed by atoms with Gasteiger partial charge in [0.25, 0.3) is 0 Å². The molecule has 0 spiro atoms. The van der Waals surface area contributed by atoms with Crippen LogP contribution in [0.3, 0.4) is 0 Å². The number of carboxylic acids is 1. The van der Waals surface area contributed by atoms with Crippen molar-refractivity contribution in [2.24, 2.45) is 0 Å². The Bertz CT molecular complexity index is 389. The van der Waals surface area contributed by atoms with Crippen LogP contribution in [0, 0.1) is 0 Å². The van der Waals surface area contributed by atoms with Gasteiger partial charge in [0.05, 0.1) is 6.42 Å². The Morgan fingerprint density at radius 1 is 1.37 bits per heavy atom. The van der Waals surface area contributed by atoms with Crippen molar-refractivity contribution in [1.29, 1.82) is 0 Å². The Morgan fingerprint density at radius 2 is 1.95 bits per heavy atom. The van der Waals surface area contributed by atoms with E-state index in [0.29, 0.717) is 6.42 Å². The van der Waals surface area contributed by atoms with E-state index in [1.807, 2.05) is 17.7 Å². The normalized spacial score (nSPS) is 10.7. The van der Waals surface area contributed by atoms with Crippen molar-refractivity contribution in [3.63, 3.8) is 0 Å². The molecule has 0 aliphatic carbocycles. The summed E-state index contributed by atoms with van der Waals surface area (Å²) < 4.78 is 32.5. The number of allylic oxidation sites excluding steroid dienone is 1. The van der Waals surface area contributed by atoms with Gasteiger partial charge in [-0.05, 0) is 6.92 Å². The molecule has 0 saturated heterocycles. The van der Waals surface area contributed by atoms with Crippen LogP contribution in [0.1, 0.15) is 19.8 Å². The van der Waals surface area contributed by atoms with Gasteiger partial charge >= 0.3 is 70.0 Å². The van der Waals surface area contributed by atoms with Gasteiger partial charge in [-0.3, -0.25) is 4.79 Å². The fourth-order valence-corrected chi connectivity index (χ4v) is 1.40. The summed E-state index contributed by atoms with van der Waals surface area (Å²) in [6, 6.07) is 0. The first-order valence-corrected chi connectivity index (χ1v) is 7.30. The quantitative estimate of drug-likeness (QED) is 0.302. The van der Waals surface area contributed by atoms with E-state index < -0.39 is 22.1 Å². The molecule has 0 rings (SSSR count). The van der Waals surface area contributed by atoms with Crippen LogP contribution in [0.2, 0.25) is 5.09 Å². The van der Waals surface area contributed by atoms with Crippen molar-refractivity contribution in [3.05, 3.63) is 12.2 Å². The fraction of sp³-hybridized carbons (Fsp3) is 0.600. The van der Waals surface area contributed by atoms with Gasteiger partial charge < -0.3 is 9.84 Å². The van der Waals surface area contributed by atoms with E-state index in [-0.39, 0.29) is 18.8 Å². The predicted molar refractivity (Wildman–Crippen MR) is 69.6 cm³/mol. The second-order valence-electron chi connectivity index (χ2n) is 3.45. The summed E-state index contributed by atoms with van der Waals surface area (Å²) in [5, 5.41) is 8.94. The van der Waals surface area contributed by atoms with Gasteiger partial charge in [-0.25, -0.2) is 4.79 Å². The number of hydrogen-bond donors (Lipinski definition) is 2. The molecular formula is C10H17LiO7S. The summed E-state index contributed by atoms with van der Waals surface area (Å²) in [6.45, 7) is 1.61. The third-order valence-electron chi connectivity index (χ3n) is 1.62. The van der Waals surface area contributed by atoms with Crippen LogP contribution in [-0.2, 0) is 24.4 Å². The molecule has 0 unspecified atom stereocenters. The van der Waals surface area contributed by atoms with Crippen molar-refractivity contribution < 1.29 is 32.4 Å². The third kappa shape index (κ3) is 22.8. The second-order valence-corrected chi connectivity index (χ2v) is 5.02. The standard InChI is InChI=1S/C7H10O4.C3H7O3S.Li/c1-2-3-7(10)11-5-4-6(8)9;1-2-3-7(4,5)6;/h2-3H,4-5H2,1H3,(H,8,9);1-3H2,(H,4,5,6);. The van der Waals surface area contributed by atoms with Crippen molar-refractivity contribution in [2.75, 3.05) is 12.4 Å². The van der Waals surface area contributed by atoms with Crippen molar-refractivity contribution in [1.82, 2.24) is 0 Å². The zero-order valence-corrected chi connectivity index (χ0v) is 11.9. The zero-order chi connectivity index (χ0) is 15.3. The number of carbonyl (C=O) groups excluding carboxylic acids is 1. The Morgan fingerprint density at radius 3 is 2.26 bits per heavy atom. The Hall–Kier alpha value is -0.813. The van der Waals surface area contributed by atoms with E-state index in [4.69, 9.17) is 9.66 Å². The van der Waals surface area contributed by atoms with E-state index >= 15 is 0 Å². The summed E-state index contributed by atoms with van der Waals surface area (Å²) >= 11 is 1.87. The van der Waals surface area contributed by atoms with Gasteiger partial charge in [-0.1, -0.05) is 6.08 Å². The number of aliphatic carboxylic acids is 1. The third-order valence-corrected chi connectivity index (χ3v) is 2.42. The van der Waals surface area contributed by atoms with Crippen molar-refractivity contribution in [3.8, 4) is 0 Å². The molecule has 19 heavy (non-hydrogen) atoms. The molecule has 0 fully saturated rings. The van der Waals surface area contributed by atoms with Crippen LogP contribution in [0.15, 0.2) is 12.2 Å². The van der Waals surface area contributed by atoms with Crippen LogP contribution in [0.5, 0.6) is 0 Å². The fourth-order valence-electron chi connectivity index (χ4n) is 0.750. The topological polar surface area (TPSA) is 118 Å². The molecule has 0 aromatic carbocycles. The molecule has 0 aliphatic rings. The van der Waals surface area contributed by atoms with Crippen LogP contribution in [-0.4, -0.2) is 60.1 Å². The maximum absolute atomic E-state index is 10.5. The number of carboxylic acid groups (broad SMARTS) is 1. The van der Waals surface area contributed by atoms with Crippen LogP contribution in [0.25, 0.3) is 0 Å². The first-order chi connectivity index (χ1) is 8.72. The molecule has 9 heteroatoms. The van der Waals surface area contributed by atoms with Crippen LogP contribution in [0.4, 0.5) is 0 Å². The van der Waals surface area contributed by atoms with E-state index in [0.717, 1.165) is 5.09 Å². The second kappa shape index (κ2) is 12.2. The van der Waals surface area contributed by atoms with Gasteiger partial charge in [0.15, 0.2) is 0 Å². The first-order valence-electron chi connectivity index (χ1n) is 5.69. The Kier molecular flexibility index (Phi) is 13.2. The molecule has 2 N–H and O–H groups in total. The molecule has 0 aromatic heterocycles. The Balaban J connectivity index is 0. The number of hydrogen-bond acceptors (Lipinski definition) is 5. The number of ether oxygens (including phenoxy) is 1. The molecule has 0 bridgehead atoms. The van der Waals surface area contributed by atoms with E-state index in [1.54, 1.807) is 6.92 Å². The van der Waals surface area contributed by atoms with Gasteiger partial charge in [-0.2, -0.15) is 0 Å². The molecule has 0 radical (unpaired) electrons. The average Bonchev–Trinajstić information content (AvgIpc) is 2.26. The number of esters is 1. The molecule has 0 aliphatic heterocycles. The van der Waals surface area contributed by atoms with Crippen LogP contribution < -0.4 is 0 Å². The molecule has 106 valence electrons. The van der Waals surface area contributed by atoms with Gasteiger partial charge in [-0.15, -0.1) is 0 Å². The molecule has 0 atom stereocenters. The van der Waals surface area contributed by atoms with E-state index in [9.17, 15) is 18.0 Å². The van der Waals surface area contributed by atoms with E-state index in [2.05, 4.69) is 4.74 Å². The van der Waals surface area contributed by atoms with Gasteiger partial charge in [0.1, 0.15) is 6.61 Å². The minimum atomic E-state index is -3.69. The molecule has 0 aromatic rings. The molecule has 0 heterocycles. The summed E-state index contributed by atoms with van der Waals surface area (Å²) in [7, 11) is -3.69. The van der Waals surface area contributed by atoms with Gasteiger partial charge in [0, 0.05) is 6.08 Å². The van der Waals surface area contributed by atoms with Crippen LogP contribution >= 0.6 is 0 Å². The number of rotatable bonds is 7. The predicted octanol–water partition coefficient (Wildman–Crippen LogP) is 0.432. The van der Waals surface area contributed by atoms with E-state index in [1.165, 1.54) is 12.2 Å². The molecule has 0 saturated carbocycles. The Labute approximate surface area is 122 Å². The maximum atomic E-state index is 10.5. The summed E-state index contributed by atoms with van der Waals surface area (Å²) in [5.41, 5.74) is 0. The molecular weight excluding hydrogens is 271 g/mol. The zero-order valence-electron chi connectivity index (χ0n) is 11.0. The first kappa shape index (κ1) is 20.5. The summed E-state index contributed by atoms with van der Waals surface area (Å²) in [5.74, 6) is -1.59. The minimum absolute atomic E-state index is 0.0709. The SMILES string of the molecule is CC=CC(=O)OCCC(=O)O.[Li][CH2]CCS(=O)(=O)O. The molecule has 7 nitrogen and oxygen atoms in total. The average molecular weight is 288 g/mol. The monoisotopic (exact) mass is 288 g/mol. The summed E-state index contributed by atoms with van der Waals surface area (Å²) in [4.78, 5) is 20.5. The summed E-state index contributed by atoms with van der Waals surface area (Å²) in [6.07, 6.45) is 3.16. The number of carbonyl (C=O) groups is 2. The van der Waals surface area contributed by atoms with Crippen molar-refractivity contribution >= 4 is 39.8 Å². The van der Waals surface area contributed by atoms with Gasteiger partial charge in [0.2, 0.25) is 0 Å². The van der Waals surface area contributed by atoms with Crippen molar-refractivity contribution in [2.45, 2.75) is 24.9 Å².